The summed E-state index contributed by atoms with van der Waals surface area (Å²) in [6, 6.07) is 0. The van der Waals surface area contributed by atoms with Gasteiger partial charge in [-0.3, -0.25) is 0 Å². The Morgan fingerprint density at radius 3 is 3.00 bits per heavy atom. The van der Waals surface area contributed by atoms with Crippen molar-refractivity contribution in [1.82, 2.24) is 4.98 Å². The van der Waals surface area contributed by atoms with Gasteiger partial charge in [0.15, 0.2) is 0 Å². The minimum atomic E-state index is 0.594. The Labute approximate surface area is 110 Å². The third-order valence-electron chi connectivity index (χ3n) is 2.19. The molecule has 0 amide bonds. The Balaban J connectivity index is 2.42. The van der Waals surface area contributed by atoms with Crippen LogP contribution in [0, 0.1) is 6.92 Å². The molecule has 1 aromatic heterocycles. The lowest BCUT2D eigenvalue weighted by molar-refractivity contribution is 0.167. The number of halogens is 1. The van der Waals surface area contributed by atoms with Crippen LogP contribution in [0.3, 0.4) is 0 Å². The Hall–Kier alpha value is -1.07. The number of pyridine rings is 1. The second-order valence-corrected chi connectivity index (χ2v) is 4.73. The number of nitrogens with one attached hydrogen (secondary N) is 1. The molecule has 4 nitrogen and oxygen atoms in total. The lowest BCUT2D eigenvalue weighted by atomic mass is 10.2. The van der Waals surface area contributed by atoms with Crippen LogP contribution in [0.1, 0.15) is 12.5 Å². The van der Waals surface area contributed by atoms with Gasteiger partial charge < -0.3 is 15.8 Å². The van der Waals surface area contributed by atoms with Gasteiger partial charge in [-0.2, -0.15) is 0 Å². The van der Waals surface area contributed by atoms with Gasteiger partial charge >= 0.3 is 0 Å². The summed E-state index contributed by atoms with van der Waals surface area (Å²) in [5.74, 6) is 0.788. The Morgan fingerprint density at radius 2 is 2.35 bits per heavy atom. The number of hydrogen-bond donors (Lipinski definition) is 2. The van der Waals surface area contributed by atoms with Gasteiger partial charge in [0.1, 0.15) is 5.82 Å². The summed E-state index contributed by atoms with van der Waals surface area (Å²) in [6.45, 7) is 9.56. The first-order valence-corrected chi connectivity index (χ1v) is 6.18. The third-order valence-corrected chi connectivity index (χ3v) is 3.16. The van der Waals surface area contributed by atoms with Crippen LogP contribution >= 0.6 is 15.9 Å². The molecule has 3 N–H and O–H groups in total. The molecule has 0 spiro atoms. The van der Waals surface area contributed by atoms with Gasteiger partial charge in [-0.25, -0.2) is 4.98 Å². The van der Waals surface area contributed by atoms with Crippen molar-refractivity contribution in [3.63, 3.8) is 0 Å². The van der Waals surface area contributed by atoms with Crippen molar-refractivity contribution in [2.45, 2.75) is 13.8 Å². The summed E-state index contributed by atoms with van der Waals surface area (Å²) in [6.07, 6.45) is 1.65. The summed E-state index contributed by atoms with van der Waals surface area (Å²) in [5, 5.41) is 3.19. The molecule has 0 radical (unpaired) electrons. The first-order chi connectivity index (χ1) is 8.02. The van der Waals surface area contributed by atoms with Gasteiger partial charge in [0, 0.05) is 6.54 Å². The molecule has 1 aromatic rings. The highest BCUT2D eigenvalue weighted by Crippen LogP contribution is 2.27. The summed E-state index contributed by atoms with van der Waals surface area (Å²) < 4.78 is 6.28. The van der Waals surface area contributed by atoms with E-state index >= 15 is 0 Å². The minimum absolute atomic E-state index is 0.594. The average molecular weight is 300 g/mol. The molecule has 0 atom stereocenters. The van der Waals surface area contributed by atoms with Crippen LogP contribution in [0.5, 0.6) is 0 Å². The number of nitrogens with zero attached hydrogens (tertiary/aromatic N) is 1. The molecular formula is C12H18BrN3O. The molecule has 0 unspecified atom stereocenters. The van der Waals surface area contributed by atoms with Crippen LogP contribution in [0.4, 0.5) is 11.5 Å². The monoisotopic (exact) mass is 299 g/mol. The molecule has 0 bridgehead atoms. The Bertz CT molecular complexity index is 407. The third kappa shape index (κ3) is 4.36. The molecule has 1 rings (SSSR count). The van der Waals surface area contributed by atoms with Crippen molar-refractivity contribution >= 4 is 27.4 Å². The molecule has 94 valence electrons. The largest absolute Gasteiger partial charge is 0.397 e. The Morgan fingerprint density at radius 1 is 1.65 bits per heavy atom. The summed E-state index contributed by atoms with van der Waals surface area (Å²) in [4.78, 5) is 4.22. The molecule has 0 fully saturated rings. The second kappa shape index (κ2) is 6.61. The van der Waals surface area contributed by atoms with E-state index in [0.29, 0.717) is 25.4 Å². The van der Waals surface area contributed by atoms with Gasteiger partial charge in [0.05, 0.1) is 29.6 Å². The van der Waals surface area contributed by atoms with E-state index in [1.165, 1.54) is 0 Å². The van der Waals surface area contributed by atoms with E-state index in [4.69, 9.17) is 10.5 Å². The minimum Gasteiger partial charge on any atom is -0.397 e. The zero-order valence-corrected chi connectivity index (χ0v) is 11.8. The van der Waals surface area contributed by atoms with E-state index in [0.717, 1.165) is 21.4 Å². The quantitative estimate of drug-likeness (QED) is 0.626. The van der Waals surface area contributed by atoms with Crippen molar-refractivity contribution in [2.24, 2.45) is 0 Å². The first kappa shape index (κ1) is 14.0. The van der Waals surface area contributed by atoms with Crippen LogP contribution in [0.2, 0.25) is 0 Å². The van der Waals surface area contributed by atoms with Gasteiger partial charge in [-0.15, -0.1) is 0 Å². The van der Waals surface area contributed by atoms with E-state index in [2.05, 4.69) is 32.8 Å². The second-order valence-electron chi connectivity index (χ2n) is 3.94. The Kier molecular flexibility index (Phi) is 5.44. The maximum absolute atomic E-state index is 5.74. The number of nitrogen functional groups attached to an aromatic ring is 1. The van der Waals surface area contributed by atoms with Gasteiger partial charge in [-0.1, -0.05) is 12.2 Å². The summed E-state index contributed by atoms with van der Waals surface area (Å²) in [7, 11) is 0. The smallest absolute Gasteiger partial charge is 0.140 e. The van der Waals surface area contributed by atoms with Crippen molar-refractivity contribution in [3.8, 4) is 0 Å². The number of hydrogen-bond acceptors (Lipinski definition) is 4. The molecule has 0 saturated carbocycles. The number of aromatic nitrogens is 1. The first-order valence-electron chi connectivity index (χ1n) is 5.39. The SMILES string of the molecule is C=C(C)COCCNc1ncc(N)c(C)c1Br. The van der Waals surface area contributed by atoms with Crippen molar-refractivity contribution in [2.75, 3.05) is 30.8 Å². The van der Waals surface area contributed by atoms with Crippen LogP contribution < -0.4 is 11.1 Å². The molecule has 17 heavy (non-hydrogen) atoms. The van der Waals surface area contributed by atoms with Crippen LogP contribution in [0.15, 0.2) is 22.8 Å². The maximum Gasteiger partial charge on any atom is 0.140 e. The number of anilines is 2. The zero-order chi connectivity index (χ0) is 12.8. The predicted molar refractivity (Wildman–Crippen MR) is 75.2 cm³/mol. The maximum atomic E-state index is 5.74. The zero-order valence-electron chi connectivity index (χ0n) is 10.2. The molecule has 0 saturated heterocycles. The van der Waals surface area contributed by atoms with Crippen molar-refractivity contribution < 1.29 is 4.74 Å². The predicted octanol–water partition coefficient (Wildman–Crippen LogP) is 2.74. The standard InChI is InChI=1S/C12H18BrN3O/c1-8(2)7-17-5-4-15-12-11(13)9(3)10(14)6-16-12/h6H,1,4-5,7,14H2,2-3H3,(H,15,16). The molecule has 0 aliphatic rings. The van der Waals surface area contributed by atoms with Gasteiger partial charge in [0.25, 0.3) is 0 Å². The van der Waals surface area contributed by atoms with E-state index in [1.807, 2.05) is 13.8 Å². The van der Waals surface area contributed by atoms with Crippen LogP contribution in [0.25, 0.3) is 0 Å². The highest BCUT2D eigenvalue weighted by Gasteiger charge is 2.06. The molecule has 0 aliphatic carbocycles. The van der Waals surface area contributed by atoms with Crippen molar-refractivity contribution in [3.05, 3.63) is 28.4 Å². The van der Waals surface area contributed by atoms with E-state index in [9.17, 15) is 0 Å². The van der Waals surface area contributed by atoms with E-state index < -0.39 is 0 Å². The number of rotatable bonds is 6. The van der Waals surface area contributed by atoms with Crippen LogP contribution in [-0.2, 0) is 4.74 Å². The average Bonchev–Trinajstić information content (AvgIpc) is 2.28. The highest BCUT2D eigenvalue weighted by atomic mass is 79.9. The highest BCUT2D eigenvalue weighted by molar-refractivity contribution is 9.10. The molecule has 1 heterocycles. The fourth-order valence-electron chi connectivity index (χ4n) is 1.20. The summed E-state index contributed by atoms with van der Waals surface area (Å²) >= 11 is 3.46. The number of ether oxygens (including phenoxy) is 1. The van der Waals surface area contributed by atoms with Gasteiger partial charge in [-0.05, 0) is 35.3 Å². The van der Waals surface area contributed by atoms with Crippen LogP contribution in [-0.4, -0.2) is 24.7 Å². The van der Waals surface area contributed by atoms with Crippen molar-refractivity contribution in [1.29, 1.82) is 0 Å². The lowest BCUT2D eigenvalue weighted by Crippen LogP contribution is -2.12. The fraction of sp³-hybridized carbons (Fsp3) is 0.417. The van der Waals surface area contributed by atoms with E-state index in [-0.39, 0.29) is 0 Å². The molecule has 0 aromatic carbocycles. The summed E-state index contributed by atoms with van der Waals surface area (Å²) in [5.41, 5.74) is 8.44. The fourth-order valence-corrected chi connectivity index (χ4v) is 1.67. The molecule has 0 aliphatic heterocycles. The normalized spacial score (nSPS) is 10.3. The van der Waals surface area contributed by atoms with E-state index in [1.54, 1.807) is 6.20 Å². The number of nitrogens with two attached hydrogens (primary N) is 1. The molecule has 5 heteroatoms. The van der Waals surface area contributed by atoms with Gasteiger partial charge in [0.2, 0.25) is 0 Å². The molecular weight excluding hydrogens is 282 g/mol. The lowest BCUT2D eigenvalue weighted by Gasteiger charge is -2.11. The topological polar surface area (TPSA) is 60.2 Å².